The molecule has 0 saturated heterocycles. The van der Waals surface area contributed by atoms with E-state index in [0.717, 1.165) is 18.5 Å². The Morgan fingerprint density at radius 1 is 1.26 bits per heavy atom. The normalized spacial score (nSPS) is 14.5. The Hall–Kier alpha value is -1.45. The minimum absolute atomic E-state index is 0.191. The van der Waals surface area contributed by atoms with E-state index in [9.17, 15) is 0 Å². The van der Waals surface area contributed by atoms with Crippen molar-refractivity contribution < 1.29 is 4.74 Å². The summed E-state index contributed by atoms with van der Waals surface area (Å²) in [6.45, 7) is 4.93. The number of rotatable bonds is 6. The van der Waals surface area contributed by atoms with Gasteiger partial charge in [0.1, 0.15) is 0 Å². The van der Waals surface area contributed by atoms with Gasteiger partial charge in [0.05, 0.1) is 17.7 Å². The van der Waals surface area contributed by atoms with E-state index >= 15 is 0 Å². The number of hydrogen-bond acceptors (Lipinski definition) is 3. The van der Waals surface area contributed by atoms with Crippen LogP contribution in [0.5, 0.6) is 0 Å². The summed E-state index contributed by atoms with van der Waals surface area (Å²) < 4.78 is 5.83. The summed E-state index contributed by atoms with van der Waals surface area (Å²) in [6, 6.07) is 10.7. The highest BCUT2D eigenvalue weighted by molar-refractivity contribution is 5.79. The Bertz CT molecular complexity index is 527. The number of fused-ring (bicyclic) bond motifs is 1. The largest absolute Gasteiger partial charge is 0.377 e. The number of ether oxygens (including phenoxy) is 1. The third-order valence-corrected chi connectivity index (χ3v) is 3.45. The molecule has 2 atom stereocenters. The van der Waals surface area contributed by atoms with Crippen LogP contribution in [0.15, 0.2) is 36.5 Å². The number of aromatic nitrogens is 1. The summed E-state index contributed by atoms with van der Waals surface area (Å²) in [7, 11) is 1.98. The minimum atomic E-state index is 0.191. The maximum atomic E-state index is 5.83. The van der Waals surface area contributed by atoms with Crippen molar-refractivity contribution in [3.63, 3.8) is 0 Å². The highest BCUT2D eigenvalue weighted by Crippen LogP contribution is 2.24. The van der Waals surface area contributed by atoms with Crippen molar-refractivity contribution in [2.45, 2.75) is 32.4 Å². The van der Waals surface area contributed by atoms with Crippen molar-refractivity contribution in [2.24, 2.45) is 0 Å². The number of pyridine rings is 1. The Morgan fingerprint density at radius 3 is 2.79 bits per heavy atom. The fraction of sp³-hybridized carbons (Fsp3) is 0.438. The van der Waals surface area contributed by atoms with Crippen LogP contribution in [0.1, 0.15) is 31.9 Å². The lowest BCUT2D eigenvalue weighted by Crippen LogP contribution is -2.31. The van der Waals surface area contributed by atoms with Crippen LogP contribution in [-0.4, -0.2) is 24.7 Å². The second kappa shape index (κ2) is 6.64. The molecule has 0 fully saturated rings. The second-order valence-corrected chi connectivity index (χ2v) is 4.62. The highest BCUT2D eigenvalue weighted by atomic mass is 16.5. The summed E-state index contributed by atoms with van der Waals surface area (Å²) >= 11 is 0. The number of benzene rings is 1. The first-order chi connectivity index (χ1) is 9.30. The van der Waals surface area contributed by atoms with Gasteiger partial charge in [-0.2, -0.15) is 0 Å². The molecule has 1 aromatic carbocycles. The van der Waals surface area contributed by atoms with E-state index in [2.05, 4.69) is 41.5 Å². The molecule has 2 aromatic rings. The molecule has 19 heavy (non-hydrogen) atoms. The summed E-state index contributed by atoms with van der Waals surface area (Å²) in [5.74, 6) is 0. The number of nitrogens with zero attached hydrogens (tertiary/aromatic N) is 1. The smallest absolute Gasteiger partial charge is 0.0766 e. The van der Waals surface area contributed by atoms with Gasteiger partial charge in [0.2, 0.25) is 0 Å². The Labute approximate surface area is 115 Å². The predicted molar refractivity (Wildman–Crippen MR) is 79.2 cm³/mol. The molecule has 3 nitrogen and oxygen atoms in total. The molecule has 0 radical (unpaired) electrons. The van der Waals surface area contributed by atoms with Gasteiger partial charge in [0, 0.05) is 18.2 Å². The van der Waals surface area contributed by atoms with Gasteiger partial charge in [-0.05, 0) is 38.1 Å². The fourth-order valence-electron chi connectivity index (χ4n) is 2.51. The third kappa shape index (κ3) is 3.11. The van der Waals surface area contributed by atoms with E-state index in [1.807, 2.05) is 26.2 Å². The molecule has 0 bridgehead atoms. The Kier molecular flexibility index (Phi) is 4.88. The van der Waals surface area contributed by atoms with Gasteiger partial charge >= 0.3 is 0 Å². The molecule has 0 aliphatic heterocycles. The van der Waals surface area contributed by atoms with Crippen LogP contribution in [0, 0.1) is 0 Å². The average Bonchev–Trinajstić information content (AvgIpc) is 2.47. The van der Waals surface area contributed by atoms with Gasteiger partial charge in [-0.1, -0.05) is 25.1 Å². The van der Waals surface area contributed by atoms with E-state index in [4.69, 9.17) is 4.74 Å². The van der Waals surface area contributed by atoms with Crippen LogP contribution in [0.2, 0.25) is 0 Å². The number of hydrogen-bond donors (Lipinski definition) is 1. The summed E-state index contributed by atoms with van der Waals surface area (Å²) in [4.78, 5) is 4.42. The molecule has 0 saturated carbocycles. The van der Waals surface area contributed by atoms with Gasteiger partial charge in [-0.25, -0.2) is 0 Å². The molecule has 2 unspecified atom stereocenters. The van der Waals surface area contributed by atoms with Crippen molar-refractivity contribution in [2.75, 3.05) is 13.7 Å². The van der Waals surface area contributed by atoms with Crippen molar-refractivity contribution in [3.05, 3.63) is 42.1 Å². The van der Waals surface area contributed by atoms with Crippen molar-refractivity contribution in [3.8, 4) is 0 Å². The van der Waals surface area contributed by atoms with Crippen LogP contribution >= 0.6 is 0 Å². The molecular weight excluding hydrogens is 236 g/mol. The van der Waals surface area contributed by atoms with Crippen LogP contribution in [0.3, 0.4) is 0 Å². The highest BCUT2D eigenvalue weighted by Gasteiger charge is 2.20. The molecule has 0 spiro atoms. The van der Waals surface area contributed by atoms with E-state index in [1.54, 1.807) is 0 Å². The first-order valence-electron chi connectivity index (χ1n) is 6.93. The molecule has 3 heteroatoms. The molecule has 1 heterocycles. The summed E-state index contributed by atoms with van der Waals surface area (Å²) in [6.07, 6.45) is 3.01. The molecule has 2 rings (SSSR count). The predicted octanol–water partition coefficient (Wildman–Crippen LogP) is 3.31. The third-order valence-electron chi connectivity index (χ3n) is 3.45. The lowest BCUT2D eigenvalue weighted by molar-refractivity contribution is 0.0334. The van der Waals surface area contributed by atoms with Crippen LogP contribution in [-0.2, 0) is 4.74 Å². The van der Waals surface area contributed by atoms with Crippen LogP contribution < -0.4 is 5.32 Å². The molecule has 1 N–H and O–H groups in total. The lowest BCUT2D eigenvalue weighted by Gasteiger charge is -2.26. The van der Waals surface area contributed by atoms with Crippen molar-refractivity contribution >= 4 is 10.9 Å². The van der Waals surface area contributed by atoms with Gasteiger partial charge in [-0.15, -0.1) is 0 Å². The maximum Gasteiger partial charge on any atom is 0.0766 e. The second-order valence-electron chi connectivity index (χ2n) is 4.62. The SMILES string of the molecule is CCOC(CC)C(NC)c1ccc2cccnc2c1. The molecule has 0 aliphatic rings. The Balaban J connectivity index is 2.34. The maximum absolute atomic E-state index is 5.83. The van der Waals surface area contributed by atoms with Gasteiger partial charge in [-0.3, -0.25) is 4.98 Å². The summed E-state index contributed by atoms with van der Waals surface area (Å²) in [5.41, 5.74) is 2.26. The zero-order valence-electron chi connectivity index (χ0n) is 11.9. The standard InChI is InChI=1S/C16H22N2O/c1-4-15(19-5-2)16(17-3)13-9-8-12-7-6-10-18-14(12)11-13/h6-11,15-17H,4-5H2,1-3H3. The molecule has 102 valence electrons. The first-order valence-corrected chi connectivity index (χ1v) is 6.93. The van der Waals surface area contributed by atoms with E-state index < -0.39 is 0 Å². The fourth-order valence-corrected chi connectivity index (χ4v) is 2.51. The number of likely N-dealkylation sites (N-methyl/N-ethyl adjacent to an activating group) is 1. The van der Waals surface area contributed by atoms with Crippen LogP contribution in [0.4, 0.5) is 0 Å². The zero-order chi connectivity index (χ0) is 13.7. The van der Waals surface area contributed by atoms with E-state index in [1.165, 1.54) is 10.9 Å². The average molecular weight is 258 g/mol. The molecule has 0 amide bonds. The topological polar surface area (TPSA) is 34.1 Å². The van der Waals surface area contributed by atoms with Gasteiger partial charge < -0.3 is 10.1 Å². The molecule has 0 aliphatic carbocycles. The number of nitrogens with one attached hydrogen (secondary N) is 1. The van der Waals surface area contributed by atoms with E-state index in [0.29, 0.717) is 0 Å². The van der Waals surface area contributed by atoms with Crippen molar-refractivity contribution in [1.82, 2.24) is 10.3 Å². The van der Waals surface area contributed by atoms with E-state index in [-0.39, 0.29) is 12.1 Å². The zero-order valence-corrected chi connectivity index (χ0v) is 11.9. The van der Waals surface area contributed by atoms with Gasteiger partial charge in [0.25, 0.3) is 0 Å². The first kappa shape index (κ1) is 14.0. The summed E-state index contributed by atoms with van der Waals surface area (Å²) in [5, 5.41) is 4.54. The lowest BCUT2D eigenvalue weighted by atomic mass is 9.98. The monoisotopic (exact) mass is 258 g/mol. The van der Waals surface area contributed by atoms with Crippen molar-refractivity contribution in [1.29, 1.82) is 0 Å². The Morgan fingerprint density at radius 2 is 2.11 bits per heavy atom. The quantitative estimate of drug-likeness (QED) is 0.863. The minimum Gasteiger partial charge on any atom is -0.377 e. The molecule has 1 aromatic heterocycles. The molecular formula is C16H22N2O. The van der Waals surface area contributed by atoms with Crippen LogP contribution in [0.25, 0.3) is 10.9 Å². The van der Waals surface area contributed by atoms with Gasteiger partial charge in [0.15, 0.2) is 0 Å².